The van der Waals surface area contributed by atoms with E-state index in [1.807, 2.05) is 0 Å². The number of carboxylic acids is 2. The maximum Gasteiger partial charge on any atom is 0.333 e. The molecule has 10 atom stereocenters. The van der Waals surface area contributed by atoms with Gasteiger partial charge in [0.15, 0.2) is 12.2 Å². The molecule has 31 heavy (non-hydrogen) atoms. The summed E-state index contributed by atoms with van der Waals surface area (Å²) >= 11 is 0. The first-order valence-corrected chi connectivity index (χ1v) is 9.68. The van der Waals surface area contributed by atoms with Crippen molar-refractivity contribution in [3.8, 4) is 0 Å². The number of rotatable bonds is 10. The van der Waals surface area contributed by atoms with Crippen molar-refractivity contribution >= 4 is 11.9 Å². The number of hydrogen-bond acceptors (Lipinski definition) is 11. The lowest BCUT2D eigenvalue weighted by molar-refractivity contribution is -0.239. The van der Waals surface area contributed by atoms with E-state index in [0.29, 0.717) is 0 Å². The summed E-state index contributed by atoms with van der Waals surface area (Å²) in [5, 5.41) is 59.8. The summed E-state index contributed by atoms with van der Waals surface area (Å²) in [6.45, 7) is -1.10. The maximum atomic E-state index is 11.6. The SMILES string of the molecule is COC[C@@H]1O[C@@H](C(=O)O)[C@@H](COC[C@@H]2OC(C(=O)O)[C@@H](COC)[C@@H](O)C2O)C(O)C1O. The number of hydrogen-bond donors (Lipinski definition) is 6. The largest absolute Gasteiger partial charge is 0.479 e. The van der Waals surface area contributed by atoms with Crippen molar-refractivity contribution in [2.45, 2.75) is 48.8 Å². The molecule has 0 aliphatic carbocycles. The van der Waals surface area contributed by atoms with E-state index in [2.05, 4.69) is 0 Å². The molecule has 0 spiro atoms. The Morgan fingerprint density at radius 3 is 1.52 bits per heavy atom. The lowest BCUT2D eigenvalue weighted by atomic mass is 9.86. The van der Waals surface area contributed by atoms with Gasteiger partial charge >= 0.3 is 11.9 Å². The molecule has 0 radical (unpaired) electrons. The normalized spacial score (nSPS) is 41.1. The van der Waals surface area contributed by atoms with Crippen molar-refractivity contribution in [1.29, 1.82) is 0 Å². The number of methoxy groups -OCH3 is 2. The van der Waals surface area contributed by atoms with Crippen LogP contribution in [0.1, 0.15) is 0 Å². The third-order valence-corrected chi connectivity index (χ3v) is 5.53. The Morgan fingerprint density at radius 2 is 1.10 bits per heavy atom. The first-order valence-electron chi connectivity index (χ1n) is 9.68. The average molecular weight is 454 g/mol. The molecule has 2 fully saturated rings. The standard InChI is InChI=1S/C18H30O13/c1-27-3-7-11(19)14(22)10(31-15(7)17(23)24)6-29-4-8-12(20)13(21)9(5-28-2)30-16(8)18(25)26/h7-16,19-22H,3-6H2,1-2H3,(H,23,24)(H,25,26)/t7-,8-,9-,10-,11+,12?,13?,14?,15?,16+/m0/s1. The van der Waals surface area contributed by atoms with Crippen molar-refractivity contribution in [3.63, 3.8) is 0 Å². The van der Waals surface area contributed by atoms with Crippen LogP contribution in [0.3, 0.4) is 0 Å². The van der Waals surface area contributed by atoms with E-state index < -0.39 is 85.8 Å². The van der Waals surface area contributed by atoms with Crippen LogP contribution in [0.5, 0.6) is 0 Å². The topological polar surface area (TPSA) is 202 Å². The Labute approximate surface area is 178 Å². The Morgan fingerprint density at radius 1 is 0.677 bits per heavy atom. The summed E-state index contributed by atoms with van der Waals surface area (Å²) in [5.74, 6) is -4.90. The summed E-state index contributed by atoms with van der Waals surface area (Å²) in [6.07, 6.45) is -11.1. The Hall–Kier alpha value is -1.42. The third kappa shape index (κ3) is 5.88. The van der Waals surface area contributed by atoms with Crippen LogP contribution < -0.4 is 0 Å². The molecule has 6 N–H and O–H groups in total. The van der Waals surface area contributed by atoms with Crippen LogP contribution in [0.15, 0.2) is 0 Å². The summed E-state index contributed by atoms with van der Waals surface area (Å²) in [6, 6.07) is 0. The molecule has 2 aliphatic heterocycles. The van der Waals surface area contributed by atoms with Crippen LogP contribution >= 0.6 is 0 Å². The molecule has 0 aromatic carbocycles. The number of aliphatic carboxylic acids is 2. The highest BCUT2D eigenvalue weighted by molar-refractivity contribution is 5.73. The van der Waals surface area contributed by atoms with E-state index in [9.17, 15) is 40.2 Å². The second-order valence-corrected chi connectivity index (χ2v) is 7.60. The smallest absolute Gasteiger partial charge is 0.333 e. The second-order valence-electron chi connectivity index (χ2n) is 7.60. The number of aliphatic hydroxyl groups is 4. The van der Waals surface area contributed by atoms with Crippen LogP contribution in [-0.2, 0) is 33.3 Å². The van der Waals surface area contributed by atoms with Gasteiger partial charge in [-0.05, 0) is 0 Å². The first kappa shape index (κ1) is 25.8. The van der Waals surface area contributed by atoms with Gasteiger partial charge in [-0.25, -0.2) is 9.59 Å². The number of carbonyl (C=O) groups is 2. The van der Waals surface area contributed by atoms with Crippen molar-refractivity contribution in [3.05, 3.63) is 0 Å². The molecule has 13 nitrogen and oxygen atoms in total. The van der Waals surface area contributed by atoms with Crippen molar-refractivity contribution in [2.24, 2.45) is 11.8 Å². The Balaban J connectivity index is 2.02. The molecule has 0 aromatic rings. The van der Waals surface area contributed by atoms with E-state index in [1.54, 1.807) is 0 Å². The summed E-state index contributed by atoms with van der Waals surface area (Å²) in [5.41, 5.74) is 0. The molecule has 0 aromatic heterocycles. The van der Waals surface area contributed by atoms with E-state index in [4.69, 9.17) is 23.7 Å². The molecule has 180 valence electrons. The minimum atomic E-state index is -1.50. The Bertz CT molecular complexity index is 601. The lowest BCUT2D eigenvalue weighted by Gasteiger charge is -2.42. The minimum absolute atomic E-state index is 0.130. The molecule has 2 aliphatic rings. The molecule has 4 unspecified atom stereocenters. The van der Waals surface area contributed by atoms with Crippen molar-refractivity contribution in [1.82, 2.24) is 0 Å². The highest BCUT2D eigenvalue weighted by Gasteiger charge is 2.49. The fourth-order valence-electron chi connectivity index (χ4n) is 3.85. The van der Waals surface area contributed by atoms with E-state index in [-0.39, 0.29) is 13.2 Å². The van der Waals surface area contributed by atoms with Gasteiger partial charge in [-0.3, -0.25) is 0 Å². The number of ether oxygens (including phenoxy) is 5. The van der Waals surface area contributed by atoms with Crippen LogP contribution in [-0.4, -0.2) is 132 Å². The highest BCUT2D eigenvalue weighted by atomic mass is 16.6. The minimum Gasteiger partial charge on any atom is -0.479 e. The van der Waals surface area contributed by atoms with Gasteiger partial charge in [-0.1, -0.05) is 0 Å². The maximum absolute atomic E-state index is 11.6. The van der Waals surface area contributed by atoms with E-state index in [0.717, 1.165) is 0 Å². The van der Waals surface area contributed by atoms with Gasteiger partial charge in [-0.15, -0.1) is 0 Å². The Kier molecular flexibility index (Phi) is 9.54. The molecule has 2 rings (SSSR count). The number of aliphatic hydroxyl groups excluding tert-OH is 4. The second kappa shape index (κ2) is 11.4. The molecule has 0 bridgehead atoms. The predicted octanol–water partition coefficient (Wildman–Crippen LogP) is -3.32. The average Bonchev–Trinajstić information content (AvgIpc) is 2.71. The zero-order chi connectivity index (χ0) is 23.3. The summed E-state index contributed by atoms with van der Waals surface area (Å²) in [4.78, 5) is 23.0. The van der Waals surface area contributed by atoms with Crippen molar-refractivity contribution in [2.75, 3.05) is 40.6 Å². The van der Waals surface area contributed by atoms with Crippen LogP contribution in [0, 0.1) is 11.8 Å². The third-order valence-electron chi connectivity index (χ3n) is 5.53. The summed E-state index contributed by atoms with van der Waals surface area (Å²) in [7, 11) is 2.65. The molecular weight excluding hydrogens is 424 g/mol. The van der Waals surface area contributed by atoms with Gasteiger partial charge in [0.05, 0.1) is 38.6 Å². The zero-order valence-electron chi connectivity index (χ0n) is 17.1. The monoisotopic (exact) mass is 454 g/mol. The quantitative estimate of drug-likeness (QED) is 0.192. The van der Waals surface area contributed by atoms with Gasteiger partial charge in [0.2, 0.25) is 0 Å². The highest BCUT2D eigenvalue weighted by Crippen LogP contribution is 2.29. The van der Waals surface area contributed by atoms with Crippen LogP contribution in [0.25, 0.3) is 0 Å². The fourth-order valence-corrected chi connectivity index (χ4v) is 3.85. The molecule has 0 amide bonds. The zero-order valence-corrected chi connectivity index (χ0v) is 17.1. The van der Waals surface area contributed by atoms with Crippen LogP contribution in [0.4, 0.5) is 0 Å². The first-order chi connectivity index (χ1) is 14.6. The van der Waals surface area contributed by atoms with E-state index >= 15 is 0 Å². The molecule has 2 heterocycles. The van der Waals surface area contributed by atoms with Gasteiger partial charge in [0, 0.05) is 26.1 Å². The summed E-state index contributed by atoms with van der Waals surface area (Å²) < 4.78 is 25.8. The van der Waals surface area contributed by atoms with Crippen LogP contribution in [0.2, 0.25) is 0 Å². The molecule has 13 heteroatoms. The molecule has 0 saturated carbocycles. The van der Waals surface area contributed by atoms with Gasteiger partial charge < -0.3 is 54.3 Å². The molecule has 2 saturated heterocycles. The van der Waals surface area contributed by atoms with Gasteiger partial charge in [0.25, 0.3) is 0 Å². The van der Waals surface area contributed by atoms with Gasteiger partial charge in [-0.2, -0.15) is 0 Å². The molecular formula is C18H30O13. The van der Waals surface area contributed by atoms with E-state index in [1.165, 1.54) is 14.2 Å². The fraction of sp³-hybridized carbons (Fsp3) is 0.889. The van der Waals surface area contributed by atoms with Gasteiger partial charge in [0.1, 0.15) is 24.4 Å². The lowest BCUT2D eigenvalue weighted by Crippen LogP contribution is -2.60. The van der Waals surface area contributed by atoms with Crippen molar-refractivity contribution < 1.29 is 63.9 Å². The number of carboxylic acid groups (broad SMARTS) is 2. The predicted molar refractivity (Wildman–Crippen MR) is 98.2 cm³/mol.